The molecule has 1 aromatic carbocycles. The highest BCUT2D eigenvalue weighted by molar-refractivity contribution is 9.10. The highest BCUT2D eigenvalue weighted by atomic mass is 79.9. The van der Waals surface area contributed by atoms with E-state index >= 15 is 0 Å². The molecule has 0 aromatic heterocycles. The molecule has 0 aliphatic carbocycles. The van der Waals surface area contributed by atoms with E-state index in [1.165, 1.54) is 19.6 Å². The minimum absolute atomic E-state index is 0.293. The summed E-state index contributed by atoms with van der Waals surface area (Å²) in [5.41, 5.74) is 0.918. The second-order valence-corrected chi connectivity index (χ2v) is 4.89. The summed E-state index contributed by atoms with van der Waals surface area (Å²) in [6.07, 6.45) is 3.15. The Balaban J connectivity index is 2.26. The smallest absolute Gasteiger partial charge is 0.165 e. The number of rotatable bonds is 3. The van der Waals surface area contributed by atoms with Crippen molar-refractivity contribution < 1.29 is 9.13 Å². The standard InChI is InChI=1S/C12H15BrFNO/c1-16-12-9(7-8-3-2-6-15-8)10(13)4-5-11(12)14/h4-5,8,15H,2-3,6-7H2,1H3. The Kier molecular flexibility index (Phi) is 3.82. The first-order chi connectivity index (χ1) is 7.72. The van der Waals surface area contributed by atoms with Gasteiger partial charge in [-0.2, -0.15) is 0 Å². The van der Waals surface area contributed by atoms with Crippen molar-refractivity contribution in [1.82, 2.24) is 5.32 Å². The SMILES string of the molecule is COc1c(F)ccc(Br)c1CC1CCCN1. The van der Waals surface area contributed by atoms with E-state index in [1.54, 1.807) is 6.07 Å². The Hall–Kier alpha value is -0.610. The van der Waals surface area contributed by atoms with E-state index in [0.29, 0.717) is 11.8 Å². The van der Waals surface area contributed by atoms with Crippen LogP contribution in [0.2, 0.25) is 0 Å². The maximum Gasteiger partial charge on any atom is 0.165 e. The molecule has 2 rings (SSSR count). The van der Waals surface area contributed by atoms with Crippen LogP contribution < -0.4 is 10.1 Å². The molecule has 1 unspecified atom stereocenters. The van der Waals surface area contributed by atoms with Crippen molar-refractivity contribution in [2.24, 2.45) is 0 Å². The van der Waals surface area contributed by atoms with Crippen LogP contribution in [0.3, 0.4) is 0 Å². The number of methoxy groups -OCH3 is 1. The molecule has 88 valence electrons. The maximum atomic E-state index is 13.5. The van der Waals surface area contributed by atoms with Crippen LogP contribution in [0, 0.1) is 5.82 Å². The fourth-order valence-electron chi connectivity index (χ4n) is 2.16. The van der Waals surface area contributed by atoms with Crippen molar-refractivity contribution in [2.45, 2.75) is 25.3 Å². The zero-order valence-corrected chi connectivity index (χ0v) is 10.8. The predicted octanol–water partition coefficient (Wildman–Crippen LogP) is 2.89. The quantitative estimate of drug-likeness (QED) is 0.923. The Morgan fingerprint density at radius 2 is 2.38 bits per heavy atom. The number of hydrogen-bond acceptors (Lipinski definition) is 2. The van der Waals surface area contributed by atoms with Crippen LogP contribution in [0.1, 0.15) is 18.4 Å². The summed E-state index contributed by atoms with van der Waals surface area (Å²) in [5.74, 6) is 0.0711. The molecule has 1 atom stereocenters. The van der Waals surface area contributed by atoms with Crippen LogP contribution in [0.15, 0.2) is 16.6 Å². The van der Waals surface area contributed by atoms with Crippen molar-refractivity contribution in [1.29, 1.82) is 0 Å². The lowest BCUT2D eigenvalue weighted by atomic mass is 10.0. The van der Waals surface area contributed by atoms with Gasteiger partial charge in [-0.25, -0.2) is 4.39 Å². The van der Waals surface area contributed by atoms with E-state index in [4.69, 9.17) is 4.74 Å². The van der Waals surface area contributed by atoms with E-state index in [9.17, 15) is 4.39 Å². The summed E-state index contributed by atoms with van der Waals surface area (Å²) >= 11 is 3.45. The highest BCUT2D eigenvalue weighted by Gasteiger charge is 2.20. The molecular formula is C12H15BrFNO. The molecule has 1 aliphatic heterocycles. The number of nitrogens with one attached hydrogen (secondary N) is 1. The van der Waals surface area contributed by atoms with E-state index in [2.05, 4.69) is 21.2 Å². The third-order valence-corrected chi connectivity index (χ3v) is 3.72. The van der Waals surface area contributed by atoms with Gasteiger partial charge in [-0.05, 0) is 37.9 Å². The van der Waals surface area contributed by atoms with Gasteiger partial charge in [-0.1, -0.05) is 15.9 Å². The number of benzene rings is 1. The zero-order valence-electron chi connectivity index (χ0n) is 9.22. The van der Waals surface area contributed by atoms with Crippen molar-refractivity contribution in [3.8, 4) is 5.75 Å². The Bertz CT molecular complexity index is 378. The zero-order chi connectivity index (χ0) is 11.5. The monoisotopic (exact) mass is 287 g/mol. The van der Waals surface area contributed by atoms with Crippen molar-refractivity contribution in [3.63, 3.8) is 0 Å². The maximum absolute atomic E-state index is 13.5. The van der Waals surface area contributed by atoms with Gasteiger partial charge in [-0.15, -0.1) is 0 Å². The number of ether oxygens (including phenoxy) is 1. The molecule has 0 radical (unpaired) electrons. The predicted molar refractivity (Wildman–Crippen MR) is 65.4 cm³/mol. The van der Waals surface area contributed by atoms with Gasteiger partial charge in [0.15, 0.2) is 11.6 Å². The Morgan fingerprint density at radius 1 is 1.56 bits per heavy atom. The van der Waals surface area contributed by atoms with E-state index < -0.39 is 0 Å². The average Bonchev–Trinajstić information content (AvgIpc) is 2.77. The Labute approximate surface area is 103 Å². The van der Waals surface area contributed by atoms with Gasteiger partial charge in [0.25, 0.3) is 0 Å². The van der Waals surface area contributed by atoms with Crippen LogP contribution in [-0.4, -0.2) is 19.7 Å². The van der Waals surface area contributed by atoms with E-state index in [0.717, 1.165) is 29.4 Å². The fourth-order valence-corrected chi connectivity index (χ4v) is 2.64. The highest BCUT2D eigenvalue weighted by Crippen LogP contribution is 2.31. The van der Waals surface area contributed by atoms with Crippen LogP contribution in [0.5, 0.6) is 5.75 Å². The fraction of sp³-hybridized carbons (Fsp3) is 0.500. The molecule has 1 heterocycles. The molecule has 2 nitrogen and oxygen atoms in total. The summed E-state index contributed by atoms with van der Waals surface area (Å²) in [7, 11) is 1.51. The van der Waals surface area contributed by atoms with Gasteiger partial charge in [-0.3, -0.25) is 0 Å². The molecule has 0 spiro atoms. The topological polar surface area (TPSA) is 21.3 Å². The second kappa shape index (κ2) is 5.15. The molecule has 1 fully saturated rings. The van der Waals surface area contributed by atoms with Gasteiger partial charge in [0, 0.05) is 16.1 Å². The minimum Gasteiger partial charge on any atom is -0.493 e. The third kappa shape index (κ3) is 2.38. The second-order valence-electron chi connectivity index (χ2n) is 4.04. The molecule has 4 heteroatoms. The van der Waals surface area contributed by atoms with E-state index in [-0.39, 0.29) is 5.82 Å². The molecular weight excluding hydrogens is 273 g/mol. The number of hydrogen-bond donors (Lipinski definition) is 1. The molecule has 1 saturated heterocycles. The molecule has 1 N–H and O–H groups in total. The van der Waals surface area contributed by atoms with Crippen LogP contribution in [-0.2, 0) is 6.42 Å². The van der Waals surface area contributed by atoms with Gasteiger partial charge >= 0.3 is 0 Å². The Morgan fingerprint density at radius 3 is 3.00 bits per heavy atom. The van der Waals surface area contributed by atoms with Crippen LogP contribution in [0.4, 0.5) is 4.39 Å². The van der Waals surface area contributed by atoms with Crippen molar-refractivity contribution in [3.05, 3.63) is 28.0 Å². The molecule has 0 amide bonds. The van der Waals surface area contributed by atoms with Gasteiger partial charge in [0.2, 0.25) is 0 Å². The number of halogens is 2. The molecule has 0 saturated carbocycles. The van der Waals surface area contributed by atoms with E-state index in [1.807, 2.05) is 0 Å². The average molecular weight is 288 g/mol. The molecule has 0 bridgehead atoms. The first-order valence-corrected chi connectivity index (χ1v) is 6.26. The van der Waals surface area contributed by atoms with Crippen molar-refractivity contribution >= 4 is 15.9 Å². The van der Waals surface area contributed by atoms with Crippen LogP contribution in [0.25, 0.3) is 0 Å². The molecule has 1 aliphatic rings. The largest absolute Gasteiger partial charge is 0.493 e. The van der Waals surface area contributed by atoms with Crippen molar-refractivity contribution in [2.75, 3.05) is 13.7 Å². The molecule has 16 heavy (non-hydrogen) atoms. The summed E-state index contributed by atoms with van der Waals surface area (Å²) in [4.78, 5) is 0. The summed E-state index contributed by atoms with van der Waals surface area (Å²) in [6, 6.07) is 3.60. The van der Waals surface area contributed by atoms with Crippen LogP contribution >= 0.6 is 15.9 Å². The first kappa shape index (κ1) is 11.9. The summed E-state index contributed by atoms with van der Waals surface area (Å²) in [6.45, 7) is 1.06. The summed E-state index contributed by atoms with van der Waals surface area (Å²) in [5, 5.41) is 3.40. The molecule has 1 aromatic rings. The lowest BCUT2D eigenvalue weighted by Crippen LogP contribution is -2.24. The normalized spacial score (nSPS) is 20.1. The lowest BCUT2D eigenvalue weighted by molar-refractivity contribution is 0.378. The van der Waals surface area contributed by atoms with Gasteiger partial charge in [0.05, 0.1) is 7.11 Å². The third-order valence-electron chi connectivity index (χ3n) is 2.97. The lowest BCUT2D eigenvalue weighted by Gasteiger charge is -2.15. The minimum atomic E-state index is -0.293. The van der Waals surface area contributed by atoms with Gasteiger partial charge in [0.1, 0.15) is 0 Å². The first-order valence-electron chi connectivity index (χ1n) is 5.46. The van der Waals surface area contributed by atoms with Gasteiger partial charge < -0.3 is 10.1 Å². The summed E-state index contributed by atoms with van der Waals surface area (Å²) < 4.78 is 19.6.